The van der Waals surface area contributed by atoms with Gasteiger partial charge in [-0.25, -0.2) is 4.79 Å². The van der Waals surface area contributed by atoms with Gasteiger partial charge in [0.25, 0.3) is 5.91 Å². The van der Waals surface area contributed by atoms with Crippen LogP contribution in [0, 0.1) is 5.92 Å². The first-order valence-electron chi connectivity index (χ1n) is 7.33. The lowest BCUT2D eigenvalue weighted by Crippen LogP contribution is -2.45. The number of carboxylic acid groups (broad SMARTS) is 1. The van der Waals surface area contributed by atoms with Crippen LogP contribution in [-0.2, 0) is 11.2 Å². The van der Waals surface area contributed by atoms with Gasteiger partial charge in [0.2, 0.25) is 0 Å². The first-order valence-corrected chi connectivity index (χ1v) is 7.33. The standard InChI is InChI=1S/C16H20F3NO3/c1-3-10(2)13(15(22)23)20-14(21)12-6-4-11(5-7-12)8-9-16(17,18)19/h4-7,10,13H,3,8-9H2,1-2H3,(H,20,21)(H,22,23). The first kappa shape index (κ1) is 19.0. The highest BCUT2D eigenvalue weighted by Crippen LogP contribution is 2.22. The van der Waals surface area contributed by atoms with Crippen LogP contribution in [0.15, 0.2) is 24.3 Å². The molecule has 1 aromatic rings. The van der Waals surface area contributed by atoms with Crippen LogP contribution in [0.2, 0.25) is 0 Å². The molecule has 0 aliphatic carbocycles. The molecule has 0 fully saturated rings. The molecule has 4 nitrogen and oxygen atoms in total. The van der Waals surface area contributed by atoms with Gasteiger partial charge in [-0.15, -0.1) is 0 Å². The number of carbonyl (C=O) groups excluding carboxylic acids is 1. The molecular weight excluding hydrogens is 311 g/mol. The number of benzene rings is 1. The molecule has 0 spiro atoms. The molecule has 0 saturated carbocycles. The number of carbonyl (C=O) groups is 2. The molecule has 0 radical (unpaired) electrons. The molecule has 1 rings (SSSR count). The minimum atomic E-state index is -4.22. The average molecular weight is 331 g/mol. The van der Waals surface area contributed by atoms with Crippen molar-refractivity contribution in [3.8, 4) is 0 Å². The highest BCUT2D eigenvalue weighted by molar-refractivity contribution is 5.96. The summed E-state index contributed by atoms with van der Waals surface area (Å²) < 4.78 is 36.5. The van der Waals surface area contributed by atoms with E-state index in [1.165, 1.54) is 24.3 Å². The second kappa shape index (κ2) is 7.99. The zero-order valence-corrected chi connectivity index (χ0v) is 13.0. The lowest BCUT2D eigenvalue weighted by Gasteiger charge is -2.20. The maximum absolute atomic E-state index is 12.2. The lowest BCUT2D eigenvalue weighted by molar-refractivity contribution is -0.140. The molecule has 0 bridgehead atoms. The van der Waals surface area contributed by atoms with E-state index >= 15 is 0 Å². The Balaban J connectivity index is 2.71. The highest BCUT2D eigenvalue weighted by Gasteiger charge is 2.27. The minimum absolute atomic E-state index is 0.157. The van der Waals surface area contributed by atoms with Gasteiger partial charge >= 0.3 is 12.1 Å². The summed E-state index contributed by atoms with van der Waals surface area (Å²) in [4.78, 5) is 23.2. The summed E-state index contributed by atoms with van der Waals surface area (Å²) in [6.45, 7) is 3.54. The Labute approximate surface area is 132 Å². The SMILES string of the molecule is CCC(C)C(NC(=O)c1ccc(CCC(F)(F)F)cc1)C(=O)O. The quantitative estimate of drug-likeness (QED) is 0.804. The third-order valence-electron chi connectivity index (χ3n) is 3.68. The largest absolute Gasteiger partial charge is 0.480 e. The maximum Gasteiger partial charge on any atom is 0.389 e. The number of amides is 1. The number of aryl methyl sites for hydroxylation is 1. The number of hydrogen-bond donors (Lipinski definition) is 2. The van der Waals surface area contributed by atoms with Gasteiger partial charge in [-0.3, -0.25) is 4.79 Å². The summed E-state index contributed by atoms with van der Waals surface area (Å²) >= 11 is 0. The van der Waals surface area contributed by atoms with E-state index in [4.69, 9.17) is 5.11 Å². The molecule has 7 heteroatoms. The normalized spacial score (nSPS) is 14.1. The molecule has 0 heterocycles. The minimum Gasteiger partial charge on any atom is -0.480 e. The molecule has 0 aliphatic rings. The summed E-state index contributed by atoms with van der Waals surface area (Å²) in [6.07, 6.45) is -4.71. The fourth-order valence-corrected chi connectivity index (χ4v) is 2.02. The molecule has 2 atom stereocenters. The molecule has 0 aliphatic heterocycles. The van der Waals surface area contributed by atoms with Gasteiger partial charge in [0.1, 0.15) is 6.04 Å². The van der Waals surface area contributed by atoms with E-state index in [-0.39, 0.29) is 17.9 Å². The molecule has 0 aromatic heterocycles. The Kier molecular flexibility index (Phi) is 6.60. The van der Waals surface area contributed by atoms with Crippen molar-refractivity contribution >= 4 is 11.9 Å². The van der Waals surface area contributed by atoms with Gasteiger partial charge < -0.3 is 10.4 Å². The summed E-state index contributed by atoms with van der Waals surface area (Å²) in [5, 5.41) is 11.6. The summed E-state index contributed by atoms with van der Waals surface area (Å²) in [6, 6.07) is 4.68. The van der Waals surface area contributed by atoms with Gasteiger partial charge in [0.05, 0.1) is 0 Å². The number of carboxylic acids is 1. The van der Waals surface area contributed by atoms with E-state index in [0.29, 0.717) is 12.0 Å². The van der Waals surface area contributed by atoms with Crippen LogP contribution in [0.5, 0.6) is 0 Å². The molecular formula is C16H20F3NO3. The Morgan fingerprint density at radius 1 is 1.22 bits per heavy atom. The number of rotatable bonds is 7. The van der Waals surface area contributed by atoms with Crippen LogP contribution in [0.3, 0.4) is 0 Å². The van der Waals surface area contributed by atoms with E-state index in [9.17, 15) is 22.8 Å². The average Bonchev–Trinajstić information content (AvgIpc) is 2.49. The number of alkyl halides is 3. The van der Waals surface area contributed by atoms with Crippen LogP contribution in [0.1, 0.15) is 42.6 Å². The van der Waals surface area contributed by atoms with Gasteiger partial charge in [-0.2, -0.15) is 13.2 Å². The number of halogens is 3. The van der Waals surface area contributed by atoms with E-state index in [1.54, 1.807) is 6.92 Å². The van der Waals surface area contributed by atoms with Crippen molar-refractivity contribution in [3.05, 3.63) is 35.4 Å². The highest BCUT2D eigenvalue weighted by atomic mass is 19.4. The predicted molar refractivity (Wildman–Crippen MR) is 79.2 cm³/mol. The molecule has 0 saturated heterocycles. The van der Waals surface area contributed by atoms with E-state index in [2.05, 4.69) is 5.32 Å². The first-order chi connectivity index (χ1) is 10.6. The number of aliphatic carboxylic acids is 1. The Morgan fingerprint density at radius 2 is 1.78 bits per heavy atom. The molecule has 2 N–H and O–H groups in total. The van der Waals surface area contributed by atoms with Gasteiger partial charge in [-0.1, -0.05) is 32.4 Å². The third-order valence-corrected chi connectivity index (χ3v) is 3.68. The Bertz CT molecular complexity index is 540. The van der Waals surface area contributed by atoms with Gasteiger partial charge in [0.15, 0.2) is 0 Å². The Morgan fingerprint density at radius 3 is 2.22 bits per heavy atom. The number of hydrogen-bond acceptors (Lipinski definition) is 2. The second-order valence-corrected chi connectivity index (χ2v) is 5.49. The third kappa shape index (κ3) is 6.30. The van der Waals surface area contributed by atoms with Crippen molar-refractivity contribution in [1.82, 2.24) is 5.32 Å². The smallest absolute Gasteiger partial charge is 0.389 e. The van der Waals surface area contributed by atoms with E-state index < -0.39 is 30.5 Å². The monoisotopic (exact) mass is 331 g/mol. The van der Waals surface area contributed by atoms with Crippen molar-refractivity contribution in [1.29, 1.82) is 0 Å². The number of nitrogens with one attached hydrogen (secondary N) is 1. The zero-order valence-electron chi connectivity index (χ0n) is 13.0. The predicted octanol–water partition coefficient (Wildman–Crippen LogP) is 3.41. The van der Waals surface area contributed by atoms with Crippen LogP contribution >= 0.6 is 0 Å². The van der Waals surface area contributed by atoms with Crippen molar-refractivity contribution in [2.45, 2.75) is 45.3 Å². The fourth-order valence-electron chi connectivity index (χ4n) is 2.02. The van der Waals surface area contributed by atoms with Crippen LogP contribution < -0.4 is 5.32 Å². The lowest BCUT2D eigenvalue weighted by atomic mass is 9.98. The van der Waals surface area contributed by atoms with Crippen LogP contribution in [0.4, 0.5) is 13.2 Å². The van der Waals surface area contributed by atoms with Gasteiger partial charge in [-0.05, 0) is 30.0 Å². The topological polar surface area (TPSA) is 66.4 Å². The van der Waals surface area contributed by atoms with Crippen molar-refractivity contribution in [2.24, 2.45) is 5.92 Å². The molecule has 2 unspecified atom stereocenters. The van der Waals surface area contributed by atoms with E-state index in [1.807, 2.05) is 6.92 Å². The van der Waals surface area contributed by atoms with Crippen LogP contribution in [-0.4, -0.2) is 29.2 Å². The van der Waals surface area contributed by atoms with Gasteiger partial charge in [0, 0.05) is 12.0 Å². The summed E-state index contributed by atoms with van der Waals surface area (Å²) in [7, 11) is 0. The van der Waals surface area contributed by atoms with Crippen LogP contribution in [0.25, 0.3) is 0 Å². The second-order valence-electron chi connectivity index (χ2n) is 5.49. The molecule has 128 valence electrons. The van der Waals surface area contributed by atoms with E-state index in [0.717, 1.165) is 0 Å². The summed E-state index contributed by atoms with van der Waals surface area (Å²) in [5.74, 6) is -1.91. The molecule has 23 heavy (non-hydrogen) atoms. The maximum atomic E-state index is 12.2. The fraction of sp³-hybridized carbons (Fsp3) is 0.500. The molecule has 1 amide bonds. The summed E-state index contributed by atoms with van der Waals surface area (Å²) in [5.41, 5.74) is 0.686. The zero-order chi connectivity index (χ0) is 17.6. The Hall–Kier alpha value is -2.05. The van der Waals surface area contributed by atoms with Crippen molar-refractivity contribution in [3.63, 3.8) is 0 Å². The van der Waals surface area contributed by atoms with Crippen molar-refractivity contribution in [2.75, 3.05) is 0 Å². The molecule has 1 aromatic carbocycles. The van der Waals surface area contributed by atoms with Crippen molar-refractivity contribution < 1.29 is 27.9 Å².